The van der Waals surface area contributed by atoms with Gasteiger partial charge in [-0.3, -0.25) is 9.59 Å². The quantitative estimate of drug-likeness (QED) is 0.483. The Hall–Kier alpha value is -1.18. The van der Waals surface area contributed by atoms with Gasteiger partial charge in [0.25, 0.3) is 0 Å². The molecule has 0 aromatic rings. The van der Waals surface area contributed by atoms with Crippen molar-refractivity contribution in [3.63, 3.8) is 0 Å². The fourth-order valence-corrected chi connectivity index (χ4v) is 1.40. The first-order valence-electron chi connectivity index (χ1n) is 3.23. The molecule has 2 aliphatic carbocycles. The number of allylic oxidation sites excluding steroid dienone is 4. The SMILES string of the molecule is O=C1C=C[C@H]2C(=O)C=C[C@@H]12. The van der Waals surface area contributed by atoms with Crippen LogP contribution in [-0.4, -0.2) is 11.6 Å². The maximum absolute atomic E-state index is 10.9. The minimum Gasteiger partial charge on any atom is -0.294 e. The third kappa shape index (κ3) is 0.533. The summed E-state index contributed by atoms with van der Waals surface area (Å²) in [7, 11) is 0. The second kappa shape index (κ2) is 1.66. The first-order chi connectivity index (χ1) is 4.79. The standard InChI is InChI=1S/C8H6O2/c9-7-3-1-5-6(7)2-4-8(5)10/h1-6H/t5-,6-/m1/s1. The minimum atomic E-state index is -0.160. The van der Waals surface area contributed by atoms with Gasteiger partial charge in [0.05, 0.1) is 11.8 Å². The highest BCUT2D eigenvalue weighted by atomic mass is 16.1. The first-order valence-corrected chi connectivity index (χ1v) is 3.23. The number of hydrogen-bond acceptors (Lipinski definition) is 2. The van der Waals surface area contributed by atoms with Gasteiger partial charge in [-0.15, -0.1) is 0 Å². The van der Waals surface area contributed by atoms with Gasteiger partial charge in [0.15, 0.2) is 11.6 Å². The smallest absolute Gasteiger partial charge is 0.163 e. The summed E-state index contributed by atoms with van der Waals surface area (Å²) in [4.78, 5) is 21.8. The van der Waals surface area contributed by atoms with E-state index in [0.717, 1.165) is 0 Å². The maximum Gasteiger partial charge on any atom is 0.163 e. The maximum atomic E-state index is 10.9. The van der Waals surface area contributed by atoms with Crippen molar-refractivity contribution in [2.45, 2.75) is 0 Å². The lowest BCUT2D eigenvalue weighted by molar-refractivity contribution is -0.121. The molecule has 0 saturated heterocycles. The Kier molecular flexibility index (Phi) is 0.926. The monoisotopic (exact) mass is 134 g/mol. The van der Waals surface area contributed by atoms with Gasteiger partial charge >= 0.3 is 0 Å². The van der Waals surface area contributed by atoms with Crippen LogP contribution in [0.4, 0.5) is 0 Å². The molecule has 0 saturated carbocycles. The molecular weight excluding hydrogens is 128 g/mol. The average molecular weight is 134 g/mol. The van der Waals surface area contributed by atoms with Crippen LogP contribution in [0.1, 0.15) is 0 Å². The summed E-state index contributed by atoms with van der Waals surface area (Å²) in [6, 6.07) is 0. The summed E-state index contributed by atoms with van der Waals surface area (Å²) < 4.78 is 0. The van der Waals surface area contributed by atoms with Crippen molar-refractivity contribution in [1.29, 1.82) is 0 Å². The molecule has 2 aliphatic rings. The summed E-state index contributed by atoms with van der Waals surface area (Å²) in [5, 5.41) is 0. The van der Waals surface area contributed by atoms with Crippen molar-refractivity contribution in [2.75, 3.05) is 0 Å². The third-order valence-corrected chi connectivity index (χ3v) is 1.98. The Bertz CT molecular complexity index is 232. The molecule has 50 valence electrons. The molecule has 0 spiro atoms. The molecule has 0 fully saturated rings. The van der Waals surface area contributed by atoms with E-state index in [1.807, 2.05) is 0 Å². The van der Waals surface area contributed by atoms with E-state index < -0.39 is 0 Å². The number of carbonyl (C=O) groups excluding carboxylic acids is 2. The zero-order valence-electron chi connectivity index (χ0n) is 5.28. The van der Waals surface area contributed by atoms with Gasteiger partial charge in [-0.25, -0.2) is 0 Å². The van der Waals surface area contributed by atoms with Crippen molar-refractivity contribution in [1.82, 2.24) is 0 Å². The molecule has 0 heterocycles. The third-order valence-electron chi connectivity index (χ3n) is 1.98. The predicted octanol–water partition coefficient (Wildman–Crippen LogP) is 0.497. The lowest BCUT2D eigenvalue weighted by Gasteiger charge is -2.01. The van der Waals surface area contributed by atoms with E-state index in [1.165, 1.54) is 12.2 Å². The summed E-state index contributed by atoms with van der Waals surface area (Å²) in [5.41, 5.74) is 0. The Morgan fingerprint density at radius 3 is 1.70 bits per heavy atom. The van der Waals surface area contributed by atoms with E-state index in [-0.39, 0.29) is 23.4 Å². The lowest BCUT2D eigenvalue weighted by atomic mass is 9.98. The van der Waals surface area contributed by atoms with Crippen LogP contribution in [0.2, 0.25) is 0 Å². The molecule has 0 aromatic heterocycles. The molecule has 0 amide bonds. The van der Waals surface area contributed by atoms with Crippen molar-refractivity contribution in [3.05, 3.63) is 24.3 Å². The Morgan fingerprint density at radius 1 is 0.900 bits per heavy atom. The van der Waals surface area contributed by atoms with Crippen LogP contribution in [0.3, 0.4) is 0 Å². The van der Waals surface area contributed by atoms with Crippen LogP contribution in [0.15, 0.2) is 24.3 Å². The summed E-state index contributed by atoms with van der Waals surface area (Å²) in [5.74, 6) is -0.195. The second-order valence-corrected chi connectivity index (χ2v) is 2.57. The molecule has 2 heteroatoms. The minimum absolute atomic E-state index is 0.0621. The van der Waals surface area contributed by atoms with E-state index in [2.05, 4.69) is 0 Å². The van der Waals surface area contributed by atoms with Crippen molar-refractivity contribution >= 4 is 11.6 Å². The van der Waals surface area contributed by atoms with Gasteiger partial charge in [0.1, 0.15) is 0 Å². The Balaban J connectivity index is 2.39. The van der Waals surface area contributed by atoms with E-state index >= 15 is 0 Å². The molecule has 0 aromatic carbocycles. The Labute approximate surface area is 58.2 Å². The van der Waals surface area contributed by atoms with Crippen molar-refractivity contribution < 1.29 is 9.59 Å². The van der Waals surface area contributed by atoms with Gasteiger partial charge in [0.2, 0.25) is 0 Å². The molecule has 0 unspecified atom stereocenters. The summed E-state index contributed by atoms with van der Waals surface area (Å²) in [6.07, 6.45) is 6.37. The van der Waals surface area contributed by atoms with Gasteiger partial charge in [-0.05, 0) is 12.2 Å². The molecule has 0 radical (unpaired) electrons. The number of hydrogen-bond donors (Lipinski definition) is 0. The van der Waals surface area contributed by atoms with Crippen LogP contribution in [0.25, 0.3) is 0 Å². The largest absolute Gasteiger partial charge is 0.294 e. The number of carbonyl (C=O) groups is 2. The number of rotatable bonds is 0. The zero-order chi connectivity index (χ0) is 7.14. The van der Waals surface area contributed by atoms with Gasteiger partial charge in [-0.1, -0.05) is 12.2 Å². The topological polar surface area (TPSA) is 34.1 Å². The molecule has 10 heavy (non-hydrogen) atoms. The average Bonchev–Trinajstić information content (AvgIpc) is 2.41. The first kappa shape index (κ1) is 5.59. The van der Waals surface area contributed by atoms with Crippen molar-refractivity contribution in [2.24, 2.45) is 11.8 Å². The highest BCUT2D eigenvalue weighted by Gasteiger charge is 2.35. The number of fused-ring (bicyclic) bond motifs is 1. The molecule has 0 N–H and O–H groups in total. The molecule has 2 nitrogen and oxygen atoms in total. The van der Waals surface area contributed by atoms with E-state index in [0.29, 0.717) is 0 Å². The van der Waals surface area contributed by atoms with Gasteiger partial charge < -0.3 is 0 Å². The lowest BCUT2D eigenvalue weighted by Crippen LogP contribution is -2.13. The molecule has 0 bridgehead atoms. The number of ketones is 2. The highest BCUT2D eigenvalue weighted by Crippen LogP contribution is 2.29. The van der Waals surface area contributed by atoms with Crippen LogP contribution in [0, 0.1) is 11.8 Å². The fraction of sp³-hybridized carbons (Fsp3) is 0.250. The normalized spacial score (nSPS) is 35.6. The van der Waals surface area contributed by atoms with Gasteiger partial charge in [-0.2, -0.15) is 0 Å². The fourth-order valence-electron chi connectivity index (χ4n) is 1.40. The van der Waals surface area contributed by atoms with E-state index in [4.69, 9.17) is 0 Å². The highest BCUT2D eigenvalue weighted by molar-refractivity contribution is 6.08. The summed E-state index contributed by atoms with van der Waals surface area (Å²) >= 11 is 0. The van der Waals surface area contributed by atoms with Crippen LogP contribution >= 0.6 is 0 Å². The molecular formula is C8H6O2. The van der Waals surface area contributed by atoms with Crippen LogP contribution in [0.5, 0.6) is 0 Å². The molecule has 2 atom stereocenters. The Morgan fingerprint density at radius 2 is 1.30 bits per heavy atom. The van der Waals surface area contributed by atoms with Gasteiger partial charge in [0, 0.05) is 0 Å². The van der Waals surface area contributed by atoms with Crippen LogP contribution < -0.4 is 0 Å². The molecule has 0 aliphatic heterocycles. The molecule has 2 rings (SSSR count). The van der Waals surface area contributed by atoms with Crippen molar-refractivity contribution in [3.8, 4) is 0 Å². The predicted molar refractivity (Wildman–Crippen MR) is 35.3 cm³/mol. The second-order valence-electron chi connectivity index (χ2n) is 2.57. The van der Waals surface area contributed by atoms with E-state index in [1.54, 1.807) is 12.2 Å². The van der Waals surface area contributed by atoms with Crippen LogP contribution in [-0.2, 0) is 9.59 Å². The van der Waals surface area contributed by atoms with E-state index in [9.17, 15) is 9.59 Å². The zero-order valence-corrected chi connectivity index (χ0v) is 5.28. The summed E-state index contributed by atoms with van der Waals surface area (Å²) in [6.45, 7) is 0.